The van der Waals surface area contributed by atoms with Gasteiger partial charge in [0.25, 0.3) is 0 Å². The monoisotopic (exact) mass is 309 g/mol. The van der Waals surface area contributed by atoms with Crippen LogP contribution in [0.2, 0.25) is 0 Å². The first-order chi connectivity index (χ1) is 10.0. The van der Waals surface area contributed by atoms with Crippen LogP contribution in [0.5, 0.6) is 0 Å². The van der Waals surface area contributed by atoms with Crippen LogP contribution in [-0.4, -0.2) is 48.2 Å². The van der Waals surface area contributed by atoms with Gasteiger partial charge in [0, 0.05) is 35.4 Å². The maximum Gasteiger partial charge on any atom is 0.311 e. The molecule has 2 atom stereocenters. The first kappa shape index (κ1) is 14.5. The number of rotatable bonds is 3. The van der Waals surface area contributed by atoms with Crippen molar-refractivity contribution in [1.29, 1.82) is 0 Å². The van der Waals surface area contributed by atoms with E-state index in [0.29, 0.717) is 39.1 Å². The number of fused-ring (bicyclic) bond motifs is 1. The van der Waals surface area contributed by atoms with Gasteiger partial charge in [-0.2, -0.15) is 0 Å². The molecule has 2 saturated heterocycles. The molecule has 0 bridgehead atoms. The molecule has 1 aromatic rings. The number of nitrogens with zero attached hydrogens (tertiary/aromatic N) is 1. The van der Waals surface area contributed by atoms with Crippen molar-refractivity contribution in [2.75, 3.05) is 26.3 Å². The molecule has 0 unspecified atom stereocenters. The van der Waals surface area contributed by atoms with Crippen LogP contribution in [0.15, 0.2) is 12.1 Å². The van der Waals surface area contributed by atoms with Gasteiger partial charge in [0.15, 0.2) is 0 Å². The summed E-state index contributed by atoms with van der Waals surface area (Å²) in [5.41, 5.74) is -0.806. The summed E-state index contributed by atoms with van der Waals surface area (Å²) in [5, 5.41) is 9.60. The lowest BCUT2D eigenvalue weighted by atomic mass is 9.74. The van der Waals surface area contributed by atoms with Crippen LogP contribution in [0, 0.1) is 18.3 Å². The summed E-state index contributed by atoms with van der Waals surface area (Å²) in [6.45, 7) is 3.73. The average Bonchev–Trinajstić information content (AvgIpc) is 3.03. The van der Waals surface area contributed by atoms with E-state index in [1.54, 1.807) is 16.2 Å². The van der Waals surface area contributed by atoms with Crippen LogP contribution in [0.4, 0.5) is 0 Å². The Hall–Kier alpha value is -1.40. The molecule has 3 rings (SSSR count). The van der Waals surface area contributed by atoms with E-state index >= 15 is 0 Å². The maximum absolute atomic E-state index is 12.4. The minimum atomic E-state index is -0.806. The number of carbonyl (C=O) groups excluding carboxylic acids is 1. The van der Waals surface area contributed by atoms with Gasteiger partial charge in [-0.15, -0.1) is 11.3 Å². The summed E-state index contributed by atoms with van der Waals surface area (Å²) in [5.74, 6) is -0.859. The predicted octanol–water partition coefficient (Wildman–Crippen LogP) is 1.55. The van der Waals surface area contributed by atoms with E-state index in [-0.39, 0.29) is 11.8 Å². The highest BCUT2D eigenvalue weighted by atomic mass is 32.1. The first-order valence-electron chi connectivity index (χ1n) is 7.15. The van der Waals surface area contributed by atoms with E-state index in [9.17, 15) is 14.7 Å². The Labute approximate surface area is 127 Å². The second kappa shape index (κ2) is 5.42. The number of amides is 1. The van der Waals surface area contributed by atoms with Gasteiger partial charge in [0.05, 0.1) is 18.4 Å². The predicted molar refractivity (Wildman–Crippen MR) is 78.3 cm³/mol. The van der Waals surface area contributed by atoms with Crippen molar-refractivity contribution in [2.24, 2.45) is 11.3 Å². The molecule has 114 valence electrons. The third kappa shape index (κ3) is 2.58. The molecule has 5 nitrogen and oxygen atoms in total. The zero-order valence-corrected chi connectivity index (χ0v) is 12.8. The largest absolute Gasteiger partial charge is 0.481 e. The Morgan fingerprint density at radius 2 is 2.33 bits per heavy atom. The molecule has 1 N–H and O–H groups in total. The molecule has 1 aromatic heterocycles. The maximum atomic E-state index is 12.4. The first-order valence-corrected chi connectivity index (χ1v) is 7.97. The number of hydrogen-bond acceptors (Lipinski definition) is 4. The molecule has 0 aromatic carbocycles. The molecule has 0 saturated carbocycles. The van der Waals surface area contributed by atoms with Crippen LogP contribution in [0.1, 0.15) is 16.2 Å². The normalized spacial score (nSPS) is 28.4. The molecule has 2 fully saturated rings. The minimum absolute atomic E-state index is 0.0203. The van der Waals surface area contributed by atoms with E-state index in [1.807, 2.05) is 19.1 Å². The van der Waals surface area contributed by atoms with Crippen LogP contribution in [-0.2, 0) is 20.7 Å². The average molecular weight is 309 g/mol. The lowest BCUT2D eigenvalue weighted by molar-refractivity contribution is -0.157. The summed E-state index contributed by atoms with van der Waals surface area (Å²) in [7, 11) is 0. The smallest absolute Gasteiger partial charge is 0.311 e. The van der Waals surface area contributed by atoms with Crippen molar-refractivity contribution in [2.45, 2.75) is 19.8 Å². The molecule has 0 spiro atoms. The number of likely N-dealkylation sites (tertiary alicyclic amines) is 1. The van der Waals surface area contributed by atoms with Crippen molar-refractivity contribution >= 4 is 23.2 Å². The van der Waals surface area contributed by atoms with E-state index in [2.05, 4.69) is 0 Å². The highest BCUT2D eigenvalue weighted by Gasteiger charge is 2.54. The van der Waals surface area contributed by atoms with Gasteiger partial charge >= 0.3 is 5.97 Å². The van der Waals surface area contributed by atoms with Crippen LogP contribution >= 0.6 is 11.3 Å². The Morgan fingerprint density at radius 1 is 1.52 bits per heavy atom. The third-order valence-corrected chi connectivity index (χ3v) is 5.61. The van der Waals surface area contributed by atoms with Crippen molar-refractivity contribution in [3.8, 4) is 0 Å². The fourth-order valence-electron chi connectivity index (χ4n) is 3.33. The fourth-order valence-corrected chi connectivity index (χ4v) is 4.21. The summed E-state index contributed by atoms with van der Waals surface area (Å²) in [4.78, 5) is 28.1. The number of ether oxygens (including phenoxy) is 1. The number of aryl methyl sites for hydroxylation is 1. The number of carboxylic acid groups (broad SMARTS) is 1. The number of thiophene rings is 1. The molecule has 6 heteroatoms. The Kier molecular flexibility index (Phi) is 3.75. The zero-order chi connectivity index (χ0) is 15.0. The zero-order valence-electron chi connectivity index (χ0n) is 12.0. The topological polar surface area (TPSA) is 66.8 Å². The Morgan fingerprint density at radius 3 is 2.95 bits per heavy atom. The lowest BCUT2D eigenvalue weighted by Crippen LogP contribution is -2.45. The lowest BCUT2D eigenvalue weighted by Gasteiger charge is -2.33. The van der Waals surface area contributed by atoms with Crippen molar-refractivity contribution in [1.82, 2.24) is 4.90 Å². The molecule has 21 heavy (non-hydrogen) atoms. The number of aliphatic carboxylic acids is 1. The molecule has 0 radical (unpaired) electrons. The van der Waals surface area contributed by atoms with E-state index in [4.69, 9.17) is 4.74 Å². The highest BCUT2D eigenvalue weighted by Crippen LogP contribution is 2.42. The van der Waals surface area contributed by atoms with Gasteiger partial charge in [-0.3, -0.25) is 9.59 Å². The highest BCUT2D eigenvalue weighted by molar-refractivity contribution is 7.12. The van der Waals surface area contributed by atoms with E-state index in [0.717, 1.165) is 4.88 Å². The van der Waals surface area contributed by atoms with E-state index < -0.39 is 11.4 Å². The van der Waals surface area contributed by atoms with E-state index in [1.165, 1.54) is 4.88 Å². The van der Waals surface area contributed by atoms with Crippen molar-refractivity contribution < 1.29 is 19.4 Å². The second-order valence-electron chi connectivity index (χ2n) is 5.95. The summed E-state index contributed by atoms with van der Waals surface area (Å²) in [6.07, 6.45) is 0.858. The Bertz CT molecular complexity index is 570. The molecule has 1 amide bonds. The summed E-state index contributed by atoms with van der Waals surface area (Å²) >= 11 is 1.62. The van der Waals surface area contributed by atoms with Gasteiger partial charge < -0.3 is 14.7 Å². The number of carbonyl (C=O) groups is 2. The van der Waals surface area contributed by atoms with Gasteiger partial charge in [0.2, 0.25) is 5.91 Å². The molecular weight excluding hydrogens is 290 g/mol. The van der Waals surface area contributed by atoms with Gasteiger partial charge in [-0.05, 0) is 25.5 Å². The van der Waals surface area contributed by atoms with Gasteiger partial charge in [0.1, 0.15) is 0 Å². The Balaban J connectivity index is 1.72. The molecule has 3 heterocycles. The number of carboxylic acids is 1. The molecule has 0 aliphatic carbocycles. The molecule has 2 aliphatic rings. The van der Waals surface area contributed by atoms with Crippen LogP contribution in [0.3, 0.4) is 0 Å². The van der Waals surface area contributed by atoms with Gasteiger partial charge in [-0.25, -0.2) is 0 Å². The standard InChI is InChI=1S/C15H19NO4S/c1-10-2-3-12(21-10)6-13(17)16-7-11-8-20-5-4-15(11,9-16)14(18)19/h2-3,11H,4-9H2,1H3,(H,18,19)/t11-,15+/m0/s1. The second-order valence-corrected chi connectivity index (χ2v) is 7.32. The summed E-state index contributed by atoms with van der Waals surface area (Å²) in [6, 6.07) is 3.97. The van der Waals surface area contributed by atoms with Crippen molar-refractivity contribution in [3.63, 3.8) is 0 Å². The van der Waals surface area contributed by atoms with Gasteiger partial charge in [-0.1, -0.05) is 0 Å². The van der Waals surface area contributed by atoms with Crippen LogP contribution in [0.25, 0.3) is 0 Å². The third-order valence-electron chi connectivity index (χ3n) is 4.61. The quantitative estimate of drug-likeness (QED) is 0.920. The summed E-state index contributed by atoms with van der Waals surface area (Å²) < 4.78 is 5.41. The molecular formula is C15H19NO4S. The van der Waals surface area contributed by atoms with Crippen molar-refractivity contribution in [3.05, 3.63) is 21.9 Å². The SMILES string of the molecule is Cc1ccc(CC(=O)N2C[C@H]3COCC[C@@]3(C(=O)O)C2)s1. The fraction of sp³-hybridized carbons (Fsp3) is 0.600. The number of hydrogen-bond donors (Lipinski definition) is 1. The minimum Gasteiger partial charge on any atom is -0.481 e. The molecule has 2 aliphatic heterocycles. The van der Waals surface area contributed by atoms with Crippen LogP contribution < -0.4 is 0 Å².